The molecule has 6 nitrogen and oxygen atoms in total. The van der Waals surface area contributed by atoms with Crippen molar-refractivity contribution in [2.24, 2.45) is 0 Å². The number of aryl methyl sites for hydroxylation is 3. The second-order valence-corrected chi connectivity index (χ2v) is 7.24. The number of carbonyl (C=O) groups excluding carboxylic acids is 1. The predicted octanol–water partition coefficient (Wildman–Crippen LogP) is 4.44. The first-order valence-corrected chi connectivity index (χ1v) is 9.72. The summed E-state index contributed by atoms with van der Waals surface area (Å²) in [5.41, 5.74) is 5.12. The molecule has 0 atom stereocenters. The molecule has 1 aliphatic heterocycles. The molecule has 148 valence electrons. The normalized spacial score (nSPS) is 13.0. The number of aromatic nitrogens is 2. The summed E-state index contributed by atoms with van der Waals surface area (Å²) >= 11 is 0. The van der Waals surface area contributed by atoms with Crippen LogP contribution in [0.5, 0.6) is 5.75 Å². The third kappa shape index (κ3) is 3.92. The van der Waals surface area contributed by atoms with Crippen LogP contribution < -0.4 is 15.0 Å². The summed E-state index contributed by atoms with van der Waals surface area (Å²) in [6, 6.07) is 15.6. The number of para-hydroxylation sites is 1. The number of rotatable bonds is 4. The Labute approximate surface area is 170 Å². The number of hydrogen-bond donors (Lipinski definition) is 1. The van der Waals surface area contributed by atoms with Crippen molar-refractivity contribution in [1.82, 2.24) is 9.97 Å². The number of amides is 1. The lowest BCUT2D eigenvalue weighted by Crippen LogP contribution is -2.27. The van der Waals surface area contributed by atoms with E-state index in [0.29, 0.717) is 23.1 Å². The molecule has 1 amide bonds. The van der Waals surface area contributed by atoms with Gasteiger partial charge < -0.3 is 15.0 Å². The Morgan fingerprint density at radius 1 is 1.10 bits per heavy atom. The summed E-state index contributed by atoms with van der Waals surface area (Å²) in [6.07, 6.45) is 2.06. The van der Waals surface area contributed by atoms with Gasteiger partial charge in [-0.15, -0.1) is 0 Å². The third-order valence-electron chi connectivity index (χ3n) is 5.03. The average molecular weight is 388 g/mol. The van der Waals surface area contributed by atoms with Crippen LogP contribution in [0, 0.1) is 13.8 Å². The quantitative estimate of drug-likeness (QED) is 0.716. The molecule has 6 heteroatoms. The molecule has 1 N–H and O–H groups in total. The average Bonchev–Trinajstić information content (AvgIpc) is 2.73. The maximum absolute atomic E-state index is 13.0. The summed E-state index contributed by atoms with van der Waals surface area (Å²) < 4.78 is 5.36. The van der Waals surface area contributed by atoms with Gasteiger partial charge in [-0.2, -0.15) is 0 Å². The Balaban J connectivity index is 1.66. The van der Waals surface area contributed by atoms with Gasteiger partial charge in [-0.25, -0.2) is 9.97 Å². The highest BCUT2D eigenvalue weighted by atomic mass is 16.5. The van der Waals surface area contributed by atoms with E-state index >= 15 is 0 Å². The van der Waals surface area contributed by atoms with Gasteiger partial charge in [0.2, 0.25) is 5.95 Å². The molecular weight excluding hydrogens is 364 g/mol. The van der Waals surface area contributed by atoms with Crippen molar-refractivity contribution in [3.05, 3.63) is 71.0 Å². The van der Waals surface area contributed by atoms with Gasteiger partial charge in [0.05, 0.1) is 12.8 Å². The van der Waals surface area contributed by atoms with Gasteiger partial charge in [0.25, 0.3) is 5.91 Å². The monoisotopic (exact) mass is 388 g/mol. The Kier molecular flexibility index (Phi) is 5.16. The number of fused-ring (bicyclic) bond motifs is 1. The topological polar surface area (TPSA) is 67.3 Å². The lowest BCUT2D eigenvalue weighted by atomic mass is 10.0. The second-order valence-electron chi connectivity index (χ2n) is 7.24. The number of nitrogens with one attached hydrogen (secondary N) is 1. The highest BCUT2D eigenvalue weighted by Gasteiger charge is 2.22. The fourth-order valence-corrected chi connectivity index (χ4v) is 3.64. The lowest BCUT2D eigenvalue weighted by molar-refractivity contribution is 0.102. The van der Waals surface area contributed by atoms with E-state index < -0.39 is 0 Å². The van der Waals surface area contributed by atoms with E-state index in [1.807, 2.05) is 44.2 Å². The van der Waals surface area contributed by atoms with Gasteiger partial charge in [0.15, 0.2) is 0 Å². The molecule has 3 aromatic rings. The number of methoxy groups -OCH3 is 1. The number of hydrogen-bond acceptors (Lipinski definition) is 5. The molecule has 29 heavy (non-hydrogen) atoms. The third-order valence-corrected chi connectivity index (χ3v) is 5.03. The van der Waals surface area contributed by atoms with Crippen molar-refractivity contribution >= 4 is 23.2 Å². The van der Waals surface area contributed by atoms with Crippen LogP contribution in [0.2, 0.25) is 0 Å². The van der Waals surface area contributed by atoms with Crippen molar-refractivity contribution in [2.45, 2.75) is 26.7 Å². The molecule has 0 aliphatic carbocycles. The number of ether oxygens (including phenoxy) is 1. The Morgan fingerprint density at radius 2 is 1.93 bits per heavy atom. The van der Waals surface area contributed by atoms with Crippen LogP contribution in [0.3, 0.4) is 0 Å². The van der Waals surface area contributed by atoms with Gasteiger partial charge in [-0.1, -0.05) is 24.3 Å². The van der Waals surface area contributed by atoms with E-state index in [0.717, 1.165) is 36.3 Å². The molecule has 0 saturated carbocycles. The maximum atomic E-state index is 13.0. The SMILES string of the molecule is COc1ccc(C)cc1NC(=O)c1cc(C)nc(N2CCCc3ccccc32)n1. The molecule has 0 unspecified atom stereocenters. The summed E-state index contributed by atoms with van der Waals surface area (Å²) in [4.78, 5) is 24.2. The zero-order valence-corrected chi connectivity index (χ0v) is 16.9. The Morgan fingerprint density at radius 3 is 2.76 bits per heavy atom. The molecule has 2 aromatic carbocycles. The highest BCUT2D eigenvalue weighted by molar-refractivity contribution is 6.04. The number of benzene rings is 2. The van der Waals surface area contributed by atoms with E-state index in [2.05, 4.69) is 32.3 Å². The van der Waals surface area contributed by atoms with E-state index in [9.17, 15) is 4.79 Å². The highest BCUT2D eigenvalue weighted by Crippen LogP contribution is 2.32. The molecule has 1 aromatic heterocycles. The van der Waals surface area contributed by atoms with Crippen LogP contribution in [-0.2, 0) is 6.42 Å². The minimum absolute atomic E-state index is 0.286. The van der Waals surface area contributed by atoms with Gasteiger partial charge in [-0.3, -0.25) is 4.79 Å². The molecule has 1 aliphatic rings. The summed E-state index contributed by atoms with van der Waals surface area (Å²) in [7, 11) is 1.58. The van der Waals surface area contributed by atoms with Crippen molar-refractivity contribution in [1.29, 1.82) is 0 Å². The van der Waals surface area contributed by atoms with Crippen LogP contribution in [0.1, 0.15) is 33.7 Å². The number of nitrogens with zero attached hydrogens (tertiary/aromatic N) is 3. The van der Waals surface area contributed by atoms with Gasteiger partial charge in [-0.05, 0) is 62.1 Å². The lowest BCUT2D eigenvalue weighted by Gasteiger charge is -2.29. The Hall–Kier alpha value is -3.41. The number of anilines is 3. The van der Waals surface area contributed by atoms with E-state index in [1.165, 1.54) is 5.56 Å². The molecule has 4 rings (SSSR count). The van der Waals surface area contributed by atoms with Crippen LogP contribution in [0.25, 0.3) is 0 Å². The Bertz CT molecular complexity index is 1060. The maximum Gasteiger partial charge on any atom is 0.274 e. The molecule has 0 bridgehead atoms. The fourth-order valence-electron chi connectivity index (χ4n) is 3.64. The van der Waals surface area contributed by atoms with E-state index in [1.54, 1.807) is 13.2 Å². The number of carbonyl (C=O) groups is 1. The zero-order chi connectivity index (χ0) is 20.4. The largest absolute Gasteiger partial charge is 0.495 e. The first-order valence-electron chi connectivity index (χ1n) is 9.72. The fraction of sp³-hybridized carbons (Fsp3) is 0.261. The zero-order valence-electron chi connectivity index (χ0n) is 16.9. The summed E-state index contributed by atoms with van der Waals surface area (Å²) in [5.74, 6) is 0.879. The van der Waals surface area contributed by atoms with Gasteiger partial charge >= 0.3 is 0 Å². The molecule has 0 fully saturated rings. The van der Waals surface area contributed by atoms with Crippen LogP contribution in [0.4, 0.5) is 17.3 Å². The second kappa shape index (κ2) is 7.91. The molecule has 0 spiro atoms. The summed E-state index contributed by atoms with van der Waals surface area (Å²) in [5, 5.41) is 2.92. The first-order chi connectivity index (χ1) is 14.0. The van der Waals surface area contributed by atoms with E-state index in [-0.39, 0.29) is 5.91 Å². The van der Waals surface area contributed by atoms with Crippen molar-refractivity contribution in [2.75, 3.05) is 23.9 Å². The van der Waals surface area contributed by atoms with Crippen molar-refractivity contribution < 1.29 is 9.53 Å². The van der Waals surface area contributed by atoms with Crippen LogP contribution in [-0.4, -0.2) is 29.5 Å². The molecular formula is C23H24N4O2. The minimum Gasteiger partial charge on any atom is -0.495 e. The predicted molar refractivity (Wildman–Crippen MR) is 114 cm³/mol. The smallest absolute Gasteiger partial charge is 0.274 e. The van der Waals surface area contributed by atoms with Crippen molar-refractivity contribution in [3.8, 4) is 5.75 Å². The molecule has 2 heterocycles. The van der Waals surface area contributed by atoms with Gasteiger partial charge in [0.1, 0.15) is 11.4 Å². The first kappa shape index (κ1) is 18.9. The summed E-state index contributed by atoms with van der Waals surface area (Å²) in [6.45, 7) is 4.67. The van der Waals surface area contributed by atoms with Crippen molar-refractivity contribution in [3.63, 3.8) is 0 Å². The molecule has 0 saturated heterocycles. The minimum atomic E-state index is -0.286. The standard InChI is InChI=1S/C23H24N4O2/c1-15-10-11-21(29-3)18(13-15)25-22(28)19-14-16(2)24-23(26-19)27-12-6-8-17-7-4-5-9-20(17)27/h4-5,7,9-11,13-14H,6,8,12H2,1-3H3,(H,25,28). The van der Waals surface area contributed by atoms with E-state index in [4.69, 9.17) is 4.74 Å². The van der Waals surface area contributed by atoms with Crippen LogP contribution >= 0.6 is 0 Å². The molecule has 0 radical (unpaired) electrons. The van der Waals surface area contributed by atoms with Gasteiger partial charge in [0, 0.05) is 17.9 Å². The van der Waals surface area contributed by atoms with Crippen LogP contribution in [0.15, 0.2) is 48.5 Å².